The van der Waals surface area contributed by atoms with Crippen LogP contribution < -0.4 is 16.4 Å². The second-order valence-corrected chi connectivity index (χ2v) is 9.45. The predicted molar refractivity (Wildman–Crippen MR) is 145 cm³/mol. The van der Waals surface area contributed by atoms with Gasteiger partial charge in [0, 0.05) is 18.7 Å². The summed E-state index contributed by atoms with van der Waals surface area (Å²) in [6.45, 7) is 4.68. The van der Waals surface area contributed by atoms with E-state index in [0.29, 0.717) is 23.3 Å². The average Bonchev–Trinajstić information content (AvgIpc) is 3.25. The van der Waals surface area contributed by atoms with Crippen LogP contribution in [0.5, 0.6) is 0 Å². The fraction of sp³-hybridized carbons (Fsp3) is 0.241. The first-order valence-electron chi connectivity index (χ1n) is 12.4. The molecule has 38 heavy (non-hydrogen) atoms. The Hall–Kier alpha value is -4.66. The molecular weight excluding hydrogens is 482 g/mol. The Morgan fingerprint density at radius 2 is 1.61 bits per heavy atom. The summed E-state index contributed by atoms with van der Waals surface area (Å²) in [5.74, 6) is -0.615. The van der Waals surface area contributed by atoms with Crippen LogP contribution in [0.3, 0.4) is 0 Å². The SMILES string of the molecule is CC(C)Cn1c(C(N)=O)nc2ccc(NC(=O)[C@@H](Cc3ccccc3)NC(=O)OCc3ccccc3)cc21. The molecule has 4 N–H and O–H groups in total. The second kappa shape index (κ2) is 12.1. The Bertz CT molecular complexity index is 1420. The molecule has 4 aromatic rings. The van der Waals surface area contributed by atoms with Crippen molar-refractivity contribution in [3.63, 3.8) is 0 Å². The van der Waals surface area contributed by atoms with Crippen molar-refractivity contribution >= 4 is 34.6 Å². The summed E-state index contributed by atoms with van der Waals surface area (Å²) in [7, 11) is 0. The normalized spacial score (nSPS) is 11.8. The molecule has 0 aliphatic heterocycles. The Morgan fingerprint density at radius 1 is 0.947 bits per heavy atom. The largest absolute Gasteiger partial charge is 0.445 e. The Balaban J connectivity index is 1.53. The maximum Gasteiger partial charge on any atom is 0.408 e. The fourth-order valence-electron chi connectivity index (χ4n) is 4.13. The third-order valence-electron chi connectivity index (χ3n) is 5.89. The van der Waals surface area contributed by atoms with Crippen LogP contribution in [0, 0.1) is 5.92 Å². The molecule has 0 aliphatic rings. The molecule has 0 radical (unpaired) electrons. The zero-order chi connectivity index (χ0) is 27.1. The second-order valence-electron chi connectivity index (χ2n) is 9.45. The van der Waals surface area contributed by atoms with E-state index in [0.717, 1.165) is 11.1 Å². The van der Waals surface area contributed by atoms with E-state index in [2.05, 4.69) is 15.6 Å². The highest BCUT2D eigenvalue weighted by Crippen LogP contribution is 2.22. The molecule has 9 nitrogen and oxygen atoms in total. The van der Waals surface area contributed by atoms with Crippen LogP contribution in [0.25, 0.3) is 11.0 Å². The Kier molecular flexibility index (Phi) is 8.37. The number of nitrogens with one attached hydrogen (secondary N) is 2. The van der Waals surface area contributed by atoms with Crippen LogP contribution in [-0.2, 0) is 29.1 Å². The number of hydrogen-bond acceptors (Lipinski definition) is 5. The standard InChI is InChI=1S/C29H31N5O4/c1-19(2)17-34-25-16-22(13-14-23(25)32-27(34)26(30)35)31-28(36)24(15-20-9-5-3-6-10-20)33-29(37)38-18-21-11-7-4-8-12-21/h3-14,16,19,24H,15,17-18H2,1-2H3,(H2,30,35)(H,31,36)(H,33,37)/t24-/m1/s1. The molecule has 0 spiro atoms. The number of rotatable bonds is 10. The number of carbonyl (C=O) groups excluding carboxylic acids is 3. The average molecular weight is 514 g/mol. The van der Waals surface area contributed by atoms with Crippen LogP contribution >= 0.6 is 0 Å². The van der Waals surface area contributed by atoms with Crippen LogP contribution in [0.4, 0.5) is 10.5 Å². The third-order valence-corrected chi connectivity index (χ3v) is 5.89. The zero-order valence-electron chi connectivity index (χ0n) is 21.4. The van der Waals surface area contributed by atoms with Crippen molar-refractivity contribution in [3.8, 4) is 0 Å². The summed E-state index contributed by atoms with van der Waals surface area (Å²) >= 11 is 0. The van der Waals surface area contributed by atoms with Gasteiger partial charge in [-0.3, -0.25) is 9.59 Å². The van der Waals surface area contributed by atoms with Gasteiger partial charge in [0.2, 0.25) is 5.91 Å². The summed E-state index contributed by atoms with van der Waals surface area (Å²) in [5, 5.41) is 5.58. The van der Waals surface area contributed by atoms with E-state index >= 15 is 0 Å². The predicted octanol–water partition coefficient (Wildman–Crippen LogP) is 4.27. The number of nitrogens with two attached hydrogens (primary N) is 1. The molecule has 0 saturated carbocycles. The molecule has 0 fully saturated rings. The number of benzene rings is 3. The molecule has 1 aromatic heterocycles. The highest BCUT2D eigenvalue weighted by Gasteiger charge is 2.23. The van der Waals surface area contributed by atoms with Crippen molar-refractivity contribution in [2.45, 2.75) is 39.5 Å². The zero-order valence-corrected chi connectivity index (χ0v) is 21.4. The molecule has 9 heteroatoms. The van der Waals surface area contributed by atoms with E-state index in [1.807, 2.05) is 74.5 Å². The number of anilines is 1. The van der Waals surface area contributed by atoms with E-state index in [1.165, 1.54) is 0 Å². The van der Waals surface area contributed by atoms with Gasteiger partial charge in [-0.15, -0.1) is 0 Å². The van der Waals surface area contributed by atoms with Crippen LogP contribution in [0.2, 0.25) is 0 Å². The number of imidazole rings is 1. The van der Waals surface area contributed by atoms with Gasteiger partial charge in [-0.25, -0.2) is 9.78 Å². The highest BCUT2D eigenvalue weighted by atomic mass is 16.5. The van der Waals surface area contributed by atoms with Crippen LogP contribution in [0.1, 0.15) is 35.6 Å². The topological polar surface area (TPSA) is 128 Å². The van der Waals surface area contributed by atoms with Crippen molar-refractivity contribution < 1.29 is 19.1 Å². The fourth-order valence-corrected chi connectivity index (χ4v) is 4.13. The number of amides is 3. The molecule has 0 aliphatic carbocycles. The molecule has 1 atom stereocenters. The number of hydrogen-bond donors (Lipinski definition) is 3. The molecular formula is C29H31N5O4. The van der Waals surface area contributed by atoms with Crippen molar-refractivity contribution in [1.29, 1.82) is 0 Å². The van der Waals surface area contributed by atoms with E-state index in [-0.39, 0.29) is 24.8 Å². The molecule has 1 heterocycles. The summed E-state index contributed by atoms with van der Waals surface area (Å²) in [5.41, 5.74) is 9.05. The smallest absolute Gasteiger partial charge is 0.408 e. The molecule has 3 amide bonds. The van der Waals surface area contributed by atoms with Gasteiger partial charge in [-0.1, -0.05) is 74.5 Å². The van der Waals surface area contributed by atoms with Crippen molar-refractivity contribution in [3.05, 3.63) is 95.8 Å². The van der Waals surface area contributed by atoms with Crippen LogP contribution in [-0.4, -0.2) is 33.5 Å². The van der Waals surface area contributed by atoms with Gasteiger partial charge < -0.3 is 25.7 Å². The highest BCUT2D eigenvalue weighted by molar-refractivity contribution is 5.99. The molecule has 0 unspecified atom stereocenters. The minimum absolute atomic E-state index is 0.0883. The summed E-state index contributed by atoms with van der Waals surface area (Å²) in [6, 6.07) is 23.0. The molecule has 196 valence electrons. The van der Waals surface area contributed by atoms with Crippen molar-refractivity contribution in [2.75, 3.05) is 5.32 Å². The summed E-state index contributed by atoms with van der Waals surface area (Å²) < 4.78 is 7.11. The van der Waals surface area contributed by atoms with Gasteiger partial charge in [0.25, 0.3) is 5.91 Å². The summed E-state index contributed by atoms with van der Waals surface area (Å²) in [4.78, 5) is 42.3. The first kappa shape index (κ1) is 26.4. The van der Waals surface area contributed by atoms with Gasteiger partial charge in [0.15, 0.2) is 5.82 Å². The first-order valence-corrected chi connectivity index (χ1v) is 12.4. The number of aromatic nitrogens is 2. The number of nitrogens with zero attached hydrogens (tertiary/aromatic N) is 2. The number of fused-ring (bicyclic) bond motifs is 1. The number of ether oxygens (including phenoxy) is 1. The van der Waals surface area contributed by atoms with Gasteiger partial charge in [-0.05, 0) is 35.2 Å². The van der Waals surface area contributed by atoms with E-state index < -0.39 is 23.9 Å². The molecule has 0 saturated heterocycles. The monoisotopic (exact) mass is 513 g/mol. The van der Waals surface area contributed by atoms with Gasteiger partial charge >= 0.3 is 6.09 Å². The van der Waals surface area contributed by atoms with Gasteiger partial charge in [0.05, 0.1) is 11.0 Å². The lowest BCUT2D eigenvalue weighted by atomic mass is 10.1. The molecule has 3 aromatic carbocycles. The lowest BCUT2D eigenvalue weighted by Crippen LogP contribution is -2.45. The number of primary amides is 1. The quantitative estimate of drug-likeness (QED) is 0.292. The maximum atomic E-state index is 13.4. The number of alkyl carbamates (subject to hydrolysis) is 1. The minimum Gasteiger partial charge on any atom is -0.445 e. The van der Waals surface area contributed by atoms with E-state index in [9.17, 15) is 14.4 Å². The van der Waals surface area contributed by atoms with Gasteiger partial charge in [0.1, 0.15) is 12.6 Å². The Morgan fingerprint density at radius 3 is 2.24 bits per heavy atom. The molecule has 0 bridgehead atoms. The maximum absolute atomic E-state index is 13.4. The lowest BCUT2D eigenvalue weighted by molar-refractivity contribution is -0.118. The van der Waals surface area contributed by atoms with Gasteiger partial charge in [-0.2, -0.15) is 0 Å². The third kappa shape index (κ3) is 6.76. The lowest BCUT2D eigenvalue weighted by Gasteiger charge is -2.19. The Labute approximate surface area is 221 Å². The van der Waals surface area contributed by atoms with E-state index in [4.69, 9.17) is 10.5 Å². The van der Waals surface area contributed by atoms with Crippen LogP contribution in [0.15, 0.2) is 78.9 Å². The number of carbonyl (C=O) groups is 3. The van der Waals surface area contributed by atoms with Crippen molar-refractivity contribution in [1.82, 2.24) is 14.9 Å². The first-order chi connectivity index (χ1) is 18.3. The van der Waals surface area contributed by atoms with Crippen molar-refractivity contribution in [2.24, 2.45) is 11.7 Å². The minimum atomic E-state index is -0.891. The van der Waals surface area contributed by atoms with E-state index in [1.54, 1.807) is 22.8 Å². The summed E-state index contributed by atoms with van der Waals surface area (Å²) in [6.07, 6.45) is -0.423. The molecule has 4 rings (SSSR count).